The predicted molar refractivity (Wildman–Crippen MR) is 86.8 cm³/mol. The number of aromatic nitrogens is 2. The van der Waals surface area contributed by atoms with Crippen molar-refractivity contribution in [3.63, 3.8) is 0 Å². The molecule has 1 aliphatic rings. The average Bonchev–Trinajstić information content (AvgIpc) is 3.10. The van der Waals surface area contributed by atoms with Gasteiger partial charge in [0.05, 0.1) is 5.69 Å². The molecule has 2 aromatic rings. The molecule has 0 radical (unpaired) electrons. The zero-order valence-electron chi connectivity index (χ0n) is 13.1. The molecular weight excluding hydrogens is 292 g/mol. The van der Waals surface area contributed by atoms with Crippen molar-refractivity contribution in [2.24, 2.45) is 0 Å². The monoisotopic (exact) mass is 314 g/mol. The van der Waals surface area contributed by atoms with Crippen molar-refractivity contribution in [1.29, 1.82) is 0 Å². The molecule has 2 N–H and O–H groups in total. The number of amides is 2. The molecule has 1 saturated heterocycles. The Balaban J connectivity index is 1.47. The molecule has 3 heterocycles. The smallest absolute Gasteiger partial charge is 0.317 e. The Morgan fingerprint density at radius 3 is 2.61 bits per heavy atom. The van der Waals surface area contributed by atoms with Crippen LogP contribution in [-0.4, -0.2) is 45.2 Å². The molecule has 1 aliphatic heterocycles. The number of hydrogen-bond acceptors (Lipinski definition) is 3. The Morgan fingerprint density at radius 2 is 1.96 bits per heavy atom. The Hall–Kier alpha value is -2.34. The normalized spacial score (nSPS) is 17.0. The summed E-state index contributed by atoms with van der Waals surface area (Å²) < 4.78 is 2.02. The Kier molecular flexibility index (Phi) is 4.62. The van der Waals surface area contributed by atoms with Gasteiger partial charge in [0.2, 0.25) is 0 Å². The number of likely N-dealkylation sites (tertiary alicyclic amines) is 1. The molecule has 122 valence electrons. The van der Waals surface area contributed by atoms with E-state index < -0.39 is 5.60 Å². The van der Waals surface area contributed by atoms with Crippen LogP contribution in [0, 0.1) is 0 Å². The highest BCUT2D eigenvalue weighted by Gasteiger charge is 2.36. The molecule has 2 amide bonds. The molecule has 3 rings (SSSR count). The van der Waals surface area contributed by atoms with Gasteiger partial charge in [-0.05, 0) is 37.1 Å². The van der Waals surface area contributed by atoms with Crippen LogP contribution in [0.2, 0.25) is 0 Å². The minimum absolute atomic E-state index is 0.0692. The third-order valence-corrected chi connectivity index (χ3v) is 4.33. The lowest BCUT2D eigenvalue weighted by Crippen LogP contribution is -2.49. The molecule has 0 spiro atoms. The number of urea groups is 1. The first kappa shape index (κ1) is 15.6. The van der Waals surface area contributed by atoms with Crippen LogP contribution in [-0.2, 0) is 12.1 Å². The average molecular weight is 314 g/mol. The van der Waals surface area contributed by atoms with Crippen LogP contribution in [0.3, 0.4) is 0 Å². The Morgan fingerprint density at radius 1 is 1.22 bits per heavy atom. The van der Waals surface area contributed by atoms with Crippen LogP contribution in [0.1, 0.15) is 18.5 Å². The van der Waals surface area contributed by atoms with E-state index in [1.165, 1.54) is 0 Å². The fourth-order valence-corrected chi connectivity index (χ4v) is 2.90. The van der Waals surface area contributed by atoms with E-state index >= 15 is 0 Å². The summed E-state index contributed by atoms with van der Waals surface area (Å²) in [7, 11) is 0. The fraction of sp³-hybridized carbons (Fsp3) is 0.412. The molecule has 6 heteroatoms. The lowest BCUT2D eigenvalue weighted by molar-refractivity contribution is -0.0203. The van der Waals surface area contributed by atoms with Gasteiger partial charge in [-0.15, -0.1) is 0 Å². The summed E-state index contributed by atoms with van der Waals surface area (Å²) in [4.78, 5) is 18.2. The van der Waals surface area contributed by atoms with Gasteiger partial charge in [0.1, 0.15) is 5.60 Å². The number of pyridine rings is 1. The minimum atomic E-state index is -0.927. The Bertz CT molecular complexity index is 619. The van der Waals surface area contributed by atoms with Gasteiger partial charge in [-0.2, -0.15) is 0 Å². The quantitative estimate of drug-likeness (QED) is 0.900. The number of aliphatic hydroxyl groups is 1. The van der Waals surface area contributed by atoms with Crippen molar-refractivity contribution in [1.82, 2.24) is 19.8 Å². The molecule has 2 aromatic heterocycles. The van der Waals surface area contributed by atoms with Crippen molar-refractivity contribution in [2.45, 2.75) is 25.0 Å². The Labute approximate surface area is 135 Å². The van der Waals surface area contributed by atoms with Crippen LogP contribution in [0.15, 0.2) is 48.9 Å². The molecule has 0 unspecified atom stereocenters. The van der Waals surface area contributed by atoms with Gasteiger partial charge in [-0.1, -0.05) is 6.07 Å². The van der Waals surface area contributed by atoms with Crippen molar-refractivity contribution in [3.05, 3.63) is 54.6 Å². The van der Waals surface area contributed by atoms with E-state index in [0.717, 1.165) is 6.54 Å². The van der Waals surface area contributed by atoms with E-state index in [4.69, 9.17) is 0 Å². The summed E-state index contributed by atoms with van der Waals surface area (Å²) >= 11 is 0. The molecular formula is C17H22N4O2. The highest BCUT2D eigenvalue weighted by Crippen LogP contribution is 2.31. The van der Waals surface area contributed by atoms with Crippen molar-refractivity contribution < 1.29 is 9.90 Å². The first-order valence-corrected chi connectivity index (χ1v) is 7.95. The maximum Gasteiger partial charge on any atom is 0.317 e. The molecule has 0 aliphatic carbocycles. The van der Waals surface area contributed by atoms with Crippen LogP contribution >= 0.6 is 0 Å². The summed E-state index contributed by atoms with van der Waals surface area (Å²) in [5.41, 5.74) is -0.240. The van der Waals surface area contributed by atoms with Crippen molar-refractivity contribution in [2.75, 3.05) is 19.6 Å². The number of nitrogens with one attached hydrogen (secondary N) is 1. The van der Waals surface area contributed by atoms with Gasteiger partial charge in [0, 0.05) is 44.8 Å². The van der Waals surface area contributed by atoms with Crippen LogP contribution < -0.4 is 5.32 Å². The molecule has 0 aromatic carbocycles. The SMILES string of the molecule is O=C(NCCn1cccc1)N1CCC(O)(c2ccccn2)CC1. The first-order valence-electron chi connectivity index (χ1n) is 7.95. The van der Waals surface area contributed by atoms with Crippen LogP contribution in [0.25, 0.3) is 0 Å². The second-order valence-electron chi connectivity index (χ2n) is 5.89. The largest absolute Gasteiger partial charge is 0.383 e. The van der Waals surface area contributed by atoms with Gasteiger partial charge in [0.25, 0.3) is 0 Å². The summed E-state index contributed by atoms with van der Waals surface area (Å²) in [6.07, 6.45) is 6.65. The third-order valence-electron chi connectivity index (χ3n) is 4.33. The van der Waals surface area contributed by atoms with Gasteiger partial charge < -0.3 is 19.9 Å². The number of rotatable bonds is 4. The van der Waals surface area contributed by atoms with Crippen LogP contribution in [0.4, 0.5) is 4.79 Å². The number of hydrogen-bond donors (Lipinski definition) is 2. The van der Waals surface area contributed by atoms with Crippen molar-refractivity contribution in [3.8, 4) is 0 Å². The molecule has 6 nitrogen and oxygen atoms in total. The van der Waals surface area contributed by atoms with Gasteiger partial charge in [-0.3, -0.25) is 4.98 Å². The van der Waals surface area contributed by atoms with Gasteiger partial charge in [-0.25, -0.2) is 4.79 Å². The van der Waals surface area contributed by atoms with Gasteiger partial charge >= 0.3 is 6.03 Å². The van der Waals surface area contributed by atoms with E-state index in [-0.39, 0.29) is 6.03 Å². The van der Waals surface area contributed by atoms with E-state index in [1.807, 2.05) is 47.3 Å². The van der Waals surface area contributed by atoms with E-state index in [9.17, 15) is 9.90 Å². The maximum absolute atomic E-state index is 12.2. The minimum Gasteiger partial charge on any atom is -0.383 e. The highest BCUT2D eigenvalue weighted by atomic mass is 16.3. The van der Waals surface area contributed by atoms with Crippen molar-refractivity contribution >= 4 is 6.03 Å². The second kappa shape index (κ2) is 6.83. The molecule has 0 bridgehead atoms. The number of carbonyl (C=O) groups is 1. The zero-order valence-corrected chi connectivity index (χ0v) is 13.1. The number of nitrogens with zero attached hydrogens (tertiary/aromatic N) is 3. The van der Waals surface area contributed by atoms with Gasteiger partial charge in [0.15, 0.2) is 0 Å². The summed E-state index contributed by atoms with van der Waals surface area (Å²) in [5, 5.41) is 13.6. The fourth-order valence-electron chi connectivity index (χ4n) is 2.90. The predicted octanol–water partition coefficient (Wildman–Crippen LogP) is 1.58. The maximum atomic E-state index is 12.2. The third kappa shape index (κ3) is 3.71. The number of carbonyl (C=O) groups excluding carboxylic acids is 1. The lowest BCUT2D eigenvalue weighted by Gasteiger charge is -2.37. The standard InChI is InChI=1S/C17H22N4O2/c22-16(19-9-14-20-10-3-4-11-20)21-12-6-17(23,7-13-21)15-5-1-2-8-18-15/h1-5,8,10-11,23H,6-7,9,12-14H2,(H,19,22). The highest BCUT2D eigenvalue weighted by molar-refractivity contribution is 5.74. The van der Waals surface area contributed by atoms with E-state index in [1.54, 1.807) is 11.1 Å². The zero-order chi connectivity index (χ0) is 16.1. The topological polar surface area (TPSA) is 70.4 Å². The summed E-state index contributed by atoms with van der Waals surface area (Å²) in [6.45, 7) is 2.41. The number of piperidine rings is 1. The van der Waals surface area contributed by atoms with E-state index in [0.29, 0.717) is 38.2 Å². The molecule has 0 atom stereocenters. The first-order chi connectivity index (χ1) is 11.2. The summed E-state index contributed by atoms with van der Waals surface area (Å²) in [6, 6.07) is 9.41. The second-order valence-corrected chi connectivity index (χ2v) is 5.89. The lowest BCUT2D eigenvalue weighted by atomic mass is 9.88. The molecule has 23 heavy (non-hydrogen) atoms. The van der Waals surface area contributed by atoms with Crippen LogP contribution in [0.5, 0.6) is 0 Å². The summed E-state index contributed by atoms with van der Waals surface area (Å²) in [5.74, 6) is 0. The molecule has 1 fully saturated rings. The molecule has 0 saturated carbocycles. The van der Waals surface area contributed by atoms with E-state index in [2.05, 4.69) is 10.3 Å².